The molecule has 1 aromatic heterocycles. The summed E-state index contributed by atoms with van der Waals surface area (Å²) in [5, 5.41) is 11.7. The second-order valence-electron chi connectivity index (χ2n) is 3.94. The Labute approximate surface area is 121 Å². The second-order valence-corrected chi connectivity index (χ2v) is 4.38. The number of carbonyl (C=O) groups excluding carboxylic acids is 1. The first-order chi connectivity index (χ1) is 9.61. The molecule has 1 heterocycles. The van der Waals surface area contributed by atoms with E-state index in [0.717, 1.165) is 5.56 Å². The number of hydrogen-bond acceptors (Lipinski definition) is 5. The van der Waals surface area contributed by atoms with Crippen LogP contribution in [0.25, 0.3) is 11.8 Å². The first kappa shape index (κ1) is 14.2. The number of hydrogen-bond donors (Lipinski definition) is 0. The third kappa shape index (κ3) is 3.21. The highest BCUT2D eigenvalue weighted by Crippen LogP contribution is 2.17. The summed E-state index contributed by atoms with van der Waals surface area (Å²) in [4.78, 5) is 12.0. The molecule has 0 aliphatic carbocycles. The summed E-state index contributed by atoms with van der Waals surface area (Å²) in [7, 11) is 0. The molecule has 2 aromatic rings. The Balaban J connectivity index is 2.46. The predicted molar refractivity (Wildman–Crippen MR) is 74.8 cm³/mol. The van der Waals surface area contributed by atoms with Crippen molar-refractivity contribution in [2.24, 2.45) is 0 Å². The van der Waals surface area contributed by atoms with E-state index in [4.69, 9.17) is 16.3 Å². The van der Waals surface area contributed by atoms with Gasteiger partial charge in [-0.25, -0.2) is 4.79 Å². The van der Waals surface area contributed by atoms with Gasteiger partial charge in [0.2, 0.25) is 0 Å². The van der Waals surface area contributed by atoms with Gasteiger partial charge in [-0.1, -0.05) is 23.7 Å². The van der Waals surface area contributed by atoms with Gasteiger partial charge in [0.05, 0.1) is 6.61 Å². The Morgan fingerprint density at radius 3 is 2.90 bits per heavy atom. The zero-order valence-corrected chi connectivity index (χ0v) is 11.8. The van der Waals surface area contributed by atoms with E-state index in [-0.39, 0.29) is 12.3 Å². The largest absolute Gasteiger partial charge is 0.461 e. The second kappa shape index (κ2) is 6.29. The van der Waals surface area contributed by atoms with Crippen LogP contribution in [0.4, 0.5) is 0 Å². The van der Waals surface area contributed by atoms with E-state index in [1.807, 2.05) is 6.07 Å². The molecule has 0 radical (unpaired) electrons. The van der Waals surface area contributed by atoms with Crippen LogP contribution in [-0.2, 0) is 9.53 Å². The van der Waals surface area contributed by atoms with Crippen molar-refractivity contribution in [3.8, 4) is 0 Å². The van der Waals surface area contributed by atoms with Gasteiger partial charge in [-0.05, 0) is 48.0 Å². The lowest BCUT2D eigenvalue weighted by Crippen LogP contribution is -2.14. The molecule has 0 N–H and O–H groups in total. The van der Waals surface area contributed by atoms with Crippen LogP contribution in [0, 0.1) is 6.92 Å². The van der Waals surface area contributed by atoms with Crippen LogP contribution in [0.3, 0.4) is 0 Å². The molecule has 7 heteroatoms. The normalized spacial score (nSPS) is 11.4. The number of benzene rings is 1. The fourth-order valence-electron chi connectivity index (χ4n) is 1.62. The highest BCUT2D eigenvalue weighted by atomic mass is 35.5. The molecule has 104 valence electrons. The Kier molecular flexibility index (Phi) is 4.47. The summed E-state index contributed by atoms with van der Waals surface area (Å²) in [5.74, 6) is -0.00536. The van der Waals surface area contributed by atoms with Gasteiger partial charge in [-0.3, -0.25) is 0 Å². The maximum Gasteiger partial charge on any atom is 0.357 e. The lowest BCUT2D eigenvalue weighted by molar-refractivity contribution is -0.136. The fraction of sp³-hybridized carbons (Fsp3) is 0.231. The molecule has 0 amide bonds. The SMILES string of the molecule is CCOC(=O)C(=Cc1cccc(Cl)c1)n1nnnc1C. The molecule has 0 atom stereocenters. The minimum Gasteiger partial charge on any atom is -0.461 e. The van der Waals surface area contributed by atoms with E-state index >= 15 is 0 Å². The standard InChI is InChI=1S/C13H13ClN4O2/c1-3-20-13(19)12(18-9(2)15-16-17-18)8-10-5-4-6-11(14)7-10/h4-8H,3H2,1-2H3. The third-order valence-corrected chi connectivity index (χ3v) is 2.73. The molecule has 0 bridgehead atoms. The van der Waals surface area contributed by atoms with E-state index in [1.165, 1.54) is 4.68 Å². The van der Waals surface area contributed by atoms with Crippen LogP contribution >= 0.6 is 11.6 Å². The van der Waals surface area contributed by atoms with Crippen LogP contribution in [-0.4, -0.2) is 32.8 Å². The topological polar surface area (TPSA) is 69.9 Å². The zero-order valence-electron chi connectivity index (χ0n) is 11.1. The highest BCUT2D eigenvalue weighted by Gasteiger charge is 2.17. The minimum atomic E-state index is -0.497. The average Bonchev–Trinajstić information content (AvgIpc) is 2.82. The predicted octanol–water partition coefficient (Wildman–Crippen LogP) is 2.20. The molecule has 0 unspecified atom stereocenters. The summed E-state index contributed by atoms with van der Waals surface area (Å²) in [6, 6.07) is 7.11. The minimum absolute atomic E-state index is 0.233. The molecular formula is C13H13ClN4O2. The lowest BCUT2D eigenvalue weighted by atomic mass is 10.2. The number of tetrazole rings is 1. The number of aryl methyl sites for hydroxylation is 1. The number of halogens is 1. The Hall–Kier alpha value is -2.21. The average molecular weight is 293 g/mol. The van der Waals surface area contributed by atoms with Crippen molar-refractivity contribution in [2.75, 3.05) is 6.61 Å². The number of ether oxygens (including phenoxy) is 1. The van der Waals surface area contributed by atoms with Crippen LogP contribution in [0.15, 0.2) is 24.3 Å². The van der Waals surface area contributed by atoms with Crippen molar-refractivity contribution in [3.05, 3.63) is 40.7 Å². The lowest BCUT2D eigenvalue weighted by Gasteiger charge is -2.07. The molecule has 0 aliphatic rings. The maximum absolute atomic E-state index is 12.0. The van der Waals surface area contributed by atoms with Crippen molar-refractivity contribution in [2.45, 2.75) is 13.8 Å². The van der Waals surface area contributed by atoms with Crippen molar-refractivity contribution in [1.82, 2.24) is 20.2 Å². The van der Waals surface area contributed by atoms with Gasteiger partial charge >= 0.3 is 5.97 Å². The first-order valence-electron chi connectivity index (χ1n) is 6.01. The van der Waals surface area contributed by atoms with Gasteiger partial charge in [0.1, 0.15) is 0 Å². The van der Waals surface area contributed by atoms with Gasteiger partial charge in [-0.15, -0.1) is 5.10 Å². The molecule has 0 aliphatic heterocycles. The van der Waals surface area contributed by atoms with Crippen molar-refractivity contribution < 1.29 is 9.53 Å². The van der Waals surface area contributed by atoms with Crippen LogP contribution in [0.5, 0.6) is 0 Å². The van der Waals surface area contributed by atoms with Crippen LogP contribution in [0.1, 0.15) is 18.3 Å². The maximum atomic E-state index is 12.0. The molecular weight excluding hydrogens is 280 g/mol. The van der Waals surface area contributed by atoms with Gasteiger partial charge in [0.25, 0.3) is 0 Å². The van der Waals surface area contributed by atoms with Crippen LogP contribution < -0.4 is 0 Å². The molecule has 20 heavy (non-hydrogen) atoms. The third-order valence-electron chi connectivity index (χ3n) is 2.49. The van der Waals surface area contributed by atoms with E-state index < -0.39 is 5.97 Å². The molecule has 2 rings (SSSR count). The molecule has 0 saturated carbocycles. The molecule has 0 spiro atoms. The monoisotopic (exact) mass is 292 g/mol. The van der Waals surface area contributed by atoms with E-state index in [9.17, 15) is 4.79 Å². The summed E-state index contributed by atoms with van der Waals surface area (Å²) in [6.07, 6.45) is 1.63. The van der Waals surface area contributed by atoms with Gasteiger partial charge in [0.15, 0.2) is 11.5 Å². The van der Waals surface area contributed by atoms with E-state index in [2.05, 4.69) is 15.5 Å². The van der Waals surface area contributed by atoms with Gasteiger partial charge < -0.3 is 4.74 Å². The van der Waals surface area contributed by atoms with E-state index in [1.54, 1.807) is 38.1 Å². The highest BCUT2D eigenvalue weighted by molar-refractivity contribution is 6.30. The van der Waals surface area contributed by atoms with Crippen molar-refractivity contribution in [1.29, 1.82) is 0 Å². The summed E-state index contributed by atoms with van der Waals surface area (Å²) in [6.45, 7) is 3.71. The number of esters is 1. The van der Waals surface area contributed by atoms with Crippen molar-refractivity contribution >= 4 is 29.3 Å². The smallest absolute Gasteiger partial charge is 0.357 e. The first-order valence-corrected chi connectivity index (χ1v) is 6.39. The molecule has 0 saturated heterocycles. The fourth-order valence-corrected chi connectivity index (χ4v) is 1.82. The van der Waals surface area contributed by atoms with Gasteiger partial charge in [0, 0.05) is 5.02 Å². The number of carbonyl (C=O) groups is 1. The van der Waals surface area contributed by atoms with Crippen molar-refractivity contribution in [3.63, 3.8) is 0 Å². The Bertz CT molecular complexity index is 651. The summed E-state index contributed by atoms with van der Waals surface area (Å²) < 4.78 is 6.36. The summed E-state index contributed by atoms with van der Waals surface area (Å²) in [5.41, 5.74) is 0.993. The quantitative estimate of drug-likeness (QED) is 0.638. The Morgan fingerprint density at radius 2 is 2.30 bits per heavy atom. The molecule has 1 aromatic carbocycles. The number of aromatic nitrogens is 4. The molecule has 0 fully saturated rings. The Morgan fingerprint density at radius 1 is 1.50 bits per heavy atom. The number of nitrogens with zero attached hydrogens (tertiary/aromatic N) is 4. The molecule has 6 nitrogen and oxygen atoms in total. The number of rotatable bonds is 4. The van der Waals surface area contributed by atoms with E-state index in [0.29, 0.717) is 10.8 Å². The summed E-state index contributed by atoms with van der Waals surface area (Å²) >= 11 is 5.93. The van der Waals surface area contributed by atoms with Gasteiger partial charge in [-0.2, -0.15) is 4.68 Å². The van der Waals surface area contributed by atoms with Crippen LogP contribution in [0.2, 0.25) is 5.02 Å². The zero-order chi connectivity index (χ0) is 14.5.